The van der Waals surface area contributed by atoms with E-state index in [0.717, 1.165) is 0 Å². The van der Waals surface area contributed by atoms with E-state index in [0.29, 0.717) is 11.4 Å². The van der Waals surface area contributed by atoms with Crippen LogP contribution in [0.15, 0.2) is 69.8 Å². The first-order chi connectivity index (χ1) is 11.9. The molecule has 0 aliphatic heterocycles. The molecule has 2 rings (SSSR count). The summed E-state index contributed by atoms with van der Waals surface area (Å²) in [7, 11) is -0.539. The Balaban J connectivity index is 1.97. The van der Waals surface area contributed by atoms with Crippen LogP contribution in [0.2, 0.25) is 0 Å². The van der Waals surface area contributed by atoms with Gasteiger partial charge in [-0.05, 0) is 36.4 Å². The number of hydrogen-bond donors (Lipinski definition) is 1. The molecule has 2 aromatic rings. The Morgan fingerprint density at radius 3 is 2.32 bits per heavy atom. The molecule has 0 aromatic heterocycles. The van der Waals surface area contributed by atoms with Gasteiger partial charge in [0.05, 0.1) is 10.6 Å². The number of carbonyl (C=O) groups is 1. The summed E-state index contributed by atoms with van der Waals surface area (Å²) in [6, 6.07) is 14.3. The van der Waals surface area contributed by atoms with Gasteiger partial charge in [0.2, 0.25) is 0 Å². The molecular formula is C16H18N4O4S. The summed E-state index contributed by atoms with van der Waals surface area (Å²) >= 11 is 0. The van der Waals surface area contributed by atoms with Crippen LogP contribution in [0.5, 0.6) is 5.75 Å². The number of ether oxygens (including phenoxy) is 1. The van der Waals surface area contributed by atoms with E-state index in [2.05, 4.69) is 10.3 Å². The van der Waals surface area contributed by atoms with Crippen LogP contribution >= 0.6 is 0 Å². The average Bonchev–Trinajstić information content (AvgIpc) is 2.59. The Labute approximate surface area is 146 Å². The lowest BCUT2D eigenvalue weighted by Gasteiger charge is -2.08. The highest BCUT2D eigenvalue weighted by Gasteiger charge is 2.17. The molecule has 1 amide bonds. The predicted octanol–water partition coefficient (Wildman–Crippen LogP) is 2.13. The third kappa shape index (κ3) is 5.88. The lowest BCUT2D eigenvalue weighted by molar-refractivity contribution is -0.121. The Hall–Kier alpha value is -2.94. The fourth-order valence-corrected chi connectivity index (χ4v) is 2.71. The highest BCUT2D eigenvalue weighted by molar-refractivity contribution is 7.90. The van der Waals surface area contributed by atoms with E-state index in [1.807, 2.05) is 4.72 Å². The van der Waals surface area contributed by atoms with Crippen molar-refractivity contribution in [1.29, 1.82) is 0 Å². The molecule has 1 N–H and O–H groups in total. The Kier molecular flexibility index (Phi) is 6.07. The van der Waals surface area contributed by atoms with Crippen molar-refractivity contribution in [3.63, 3.8) is 0 Å². The molecule has 2 aromatic carbocycles. The molecule has 0 unspecified atom stereocenters. The zero-order valence-electron chi connectivity index (χ0n) is 13.8. The third-order valence-electron chi connectivity index (χ3n) is 2.85. The summed E-state index contributed by atoms with van der Waals surface area (Å²) < 4.78 is 31.5. The second-order valence-corrected chi connectivity index (χ2v) is 6.84. The van der Waals surface area contributed by atoms with E-state index in [4.69, 9.17) is 4.74 Å². The number of sulfonamides is 1. The number of amides is 1. The summed E-state index contributed by atoms with van der Waals surface area (Å²) in [5.41, 5.74) is 0.492. The second kappa shape index (κ2) is 8.25. The molecule has 0 aliphatic carbocycles. The normalized spacial score (nSPS) is 11.3. The topological polar surface area (TPSA) is 100 Å². The molecule has 8 nitrogen and oxygen atoms in total. The van der Waals surface area contributed by atoms with Gasteiger partial charge in [0.1, 0.15) is 5.75 Å². The van der Waals surface area contributed by atoms with Crippen molar-refractivity contribution in [3.8, 4) is 5.75 Å². The van der Waals surface area contributed by atoms with Gasteiger partial charge in [-0.25, -0.2) is 13.1 Å². The van der Waals surface area contributed by atoms with Gasteiger partial charge in [-0.2, -0.15) is 0 Å². The van der Waals surface area contributed by atoms with Crippen molar-refractivity contribution in [2.75, 3.05) is 20.7 Å². The molecule has 0 heterocycles. The lowest BCUT2D eigenvalue weighted by Crippen LogP contribution is -2.34. The van der Waals surface area contributed by atoms with Gasteiger partial charge in [-0.3, -0.25) is 9.80 Å². The summed E-state index contributed by atoms with van der Waals surface area (Å²) in [6.07, 6.45) is 0. The fraction of sp³-hybridized carbons (Fsp3) is 0.188. The van der Waals surface area contributed by atoms with E-state index >= 15 is 0 Å². The molecule has 0 saturated carbocycles. The number of rotatable bonds is 7. The Morgan fingerprint density at radius 2 is 1.72 bits per heavy atom. The van der Waals surface area contributed by atoms with Gasteiger partial charge in [0.15, 0.2) is 6.61 Å². The summed E-state index contributed by atoms with van der Waals surface area (Å²) in [6.45, 7) is -0.404. The van der Waals surface area contributed by atoms with Crippen LogP contribution in [0.4, 0.5) is 5.69 Å². The van der Waals surface area contributed by atoms with Crippen LogP contribution in [-0.2, 0) is 14.8 Å². The zero-order chi connectivity index (χ0) is 18.3. The highest BCUT2D eigenvalue weighted by Crippen LogP contribution is 2.17. The maximum atomic E-state index is 12.2. The van der Waals surface area contributed by atoms with E-state index in [-0.39, 0.29) is 4.90 Å². The second-order valence-electron chi connectivity index (χ2n) is 5.16. The smallest absolute Gasteiger partial charge is 0.271 e. The summed E-state index contributed by atoms with van der Waals surface area (Å²) in [4.78, 5) is 11.7. The predicted molar refractivity (Wildman–Crippen MR) is 91.9 cm³/mol. The van der Waals surface area contributed by atoms with Crippen molar-refractivity contribution >= 4 is 21.6 Å². The van der Waals surface area contributed by atoms with E-state index in [1.165, 1.54) is 29.3 Å². The van der Waals surface area contributed by atoms with Crippen LogP contribution in [0.1, 0.15) is 0 Å². The van der Waals surface area contributed by atoms with Crippen molar-refractivity contribution < 1.29 is 17.9 Å². The number of para-hydroxylation sites is 1. The standard InChI is InChI=1S/C16H18N4O4S/c1-20(2)19-17-13-8-10-15(11-9-13)25(22,23)18-16(21)12-24-14-6-4-3-5-7-14/h3-11H,12H2,1-2H3,(H,18,21). The SMILES string of the molecule is CN(C)N=Nc1ccc(S(=O)(=O)NC(=O)COc2ccccc2)cc1. The van der Waals surface area contributed by atoms with Crippen molar-refractivity contribution in [2.45, 2.75) is 4.90 Å². The molecule has 0 saturated heterocycles. The minimum atomic E-state index is -3.97. The van der Waals surface area contributed by atoms with E-state index in [1.54, 1.807) is 44.4 Å². The van der Waals surface area contributed by atoms with Gasteiger partial charge in [0, 0.05) is 14.1 Å². The quantitative estimate of drug-likeness (QED) is 0.601. The van der Waals surface area contributed by atoms with Crippen LogP contribution in [0.3, 0.4) is 0 Å². The largest absolute Gasteiger partial charge is 0.484 e. The molecule has 9 heteroatoms. The molecule has 0 radical (unpaired) electrons. The van der Waals surface area contributed by atoms with Crippen molar-refractivity contribution in [2.24, 2.45) is 10.3 Å². The average molecular weight is 362 g/mol. The van der Waals surface area contributed by atoms with Gasteiger partial charge in [-0.15, -0.1) is 5.11 Å². The number of hydrogen-bond acceptors (Lipinski definition) is 6. The number of nitrogens with zero attached hydrogens (tertiary/aromatic N) is 3. The fourth-order valence-electron chi connectivity index (χ4n) is 1.74. The number of nitrogens with one attached hydrogen (secondary N) is 1. The first-order valence-electron chi connectivity index (χ1n) is 7.29. The van der Waals surface area contributed by atoms with Crippen LogP contribution < -0.4 is 9.46 Å². The molecule has 0 atom stereocenters. The monoisotopic (exact) mass is 362 g/mol. The van der Waals surface area contributed by atoms with Crippen LogP contribution in [0, 0.1) is 0 Å². The number of carbonyl (C=O) groups excluding carboxylic acids is 1. The van der Waals surface area contributed by atoms with Gasteiger partial charge >= 0.3 is 0 Å². The highest BCUT2D eigenvalue weighted by atomic mass is 32.2. The minimum absolute atomic E-state index is 0.0515. The molecule has 0 fully saturated rings. The molecule has 0 spiro atoms. The lowest BCUT2D eigenvalue weighted by atomic mass is 10.3. The third-order valence-corrected chi connectivity index (χ3v) is 4.24. The van der Waals surface area contributed by atoms with E-state index < -0.39 is 22.5 Å². The van der Waals surface area contributed by atoms with Crippen molar-refractivity contribution in [3.05, 3.63) is 54.6 Å². The maximum Gasteiger partial charge on any atom is 0.271 e. The van der Waals surface area contributed by atoms with Crippen molar-refractivity contribution in [1.82, 2.24) is 9.73 Å². The summed E-state index contributed by atoms with van der Waals surface area (Å²) in [5.74, 6) is -0.286. The maximum absolute atomic E-state index is 12.2. The summed E-state index contributed by atoms with van der Waals surface area (Å²) in [5, 5.41) is 9.22. The molecule has 0 aliphatic rings. The first-order valence-corrected chi connectivity index (χ1v) is 8.78. The molecule has 132 valence electrons. The zero-order valence-corrected chi connectivity index (χ0v) is 14.6. The van der Waals surface area contributed by atoms with Gasteiger partial charge < -0.3 is 4.74 Å². The molecule has 25 heavy (non-hydrogen) atoms. The van der Waals surface area contributed by atoms with Gasteiger partial charge in [-0.1, -0.05) is 23.4 Å². The Morgan fingerprint density at radius 1 is 1.08 bits per heavy atom. The molecule has 0 bridgehead atoms. The minimum Gasteiger partial charge on any atom is -0.484 e. The van der Waals surface area contributed by atoms with E-state index in [9.17, 15) is 13.2 Å². The molecular weight excluding hydrogens is 344 g/mol. The van der Waals surface area contributed by atoms with Gasteiger partial charge in [0.25, 0.3) is 15.9 Å². The number of benzene rings is 2. The Bertz CT molecular complexity index is 834. The first kappa shape index (κ1) is 18.4. The van der Waals surface area contributed by atoms with Crippen LogP contribution in [0.25, 0.3) is 0 Å². The van der Waals surface area contributed by atoms with Crippen LogP contribution in [-0.4, -0.2) is 40.0 Å².